The van der Waals surface area contributed by atoms with E-state index < -0.39 is 12.0 Å². The van der Waals surface area contributed by atoms with Gasteiger partial charge in [0.1, 0.15) is 6.04 Å². The van der Waals surface area contributed by atoms with Gasteiger partial charge in [-0.2, -0.15) is 0 Å². The third-order valence-electron chi connectivity index (χ3n) is 3.40. The number of rotatable bonds is 5. The number of benzene rings is 1. The fraction of sp³-hybridized carbons (Fsp3) is 0.312. The third-order valence-corrected chi connectivity index (χ3v) is 3.40. The van der Waals surface area contributed by atoms with Crippen LogP contribution >= 0.6 is 0 Å². The molecule has 1 aromatic heterocycles. The van der Waals surface area contributed by atoms with Crippen molar-refractivity contribution in [1.29, 1.82) is 0 Å². The van der Waals surface area contributed by atoms with Crippen LogP contribution in [0, 0.1) is 0 Å². The molecule has 1 atom stereocenters. The number of carbonyl (C=O) groups excluding carboxylic acids is 1. The fourth-order valence-electron chi connectivity index (χ4n) is 2.33. The summed E-state index contributed by atoms with van der Waals surface area (Å²) in [5.74, 6) is -1.11. The molecule has 0 aliphatic carbocycles. The van der Waals surface area contributed by atoms with Crippen molar-refractivity contribution in [2.75, 3.05) is 0 Å². The number of hydrogen-bond acceptors (Lipinski definition) is 2. The first-order chi connectivity index (χ1) is 9.49. The molecule has 20 heavy (non-hydrogen) atoms. The van der Waals surface area contributed by atoms with Crippen LogP contribution in [0.1, 0.15) is 25.0 Å². The summed E-state index contributed by atoms with van der Waals surface area (Å²) in [6, 6.07) is 5.36. The summed E-state index contributed by atoms with van der Waals surface area (Å²) in [6.45, 7) is 4.14. The smallest absolute Gasteiger partial charge is 0.129 e. The highest BCUT2D eigenvalue weighted by atomic mass is 16.4. The normalized spacial score (nSPS) is 12.3. The molecule has 0 saturated carbocycles. The fourth-order valence-corrected chi connectivity index (χ4v) is 2.33. The molecule has 0 bridgehead atoms. The van der Waals surface area contributed by atoms with E-state index in [0.29, 0.717) is 6.42 Å². The van der Waals surface area contributed by atoms with Crippen LogP contribution in [0.3, 0.4) is 0 Å². The van der Waals surface area contributed by atoms with E-state index in [1.165, 1.54) is 11.1 Å². The largest absolute Gasteiger partial charge is 0.544 e. The van der Waals surface area contributed by atoms with Crippen molar-refractivity contribution in [2.45, 2.75) is 32.7 Å². The van der Waals surface area contributed by atoms with E-state index in [4.69, 9.17) is 0 Å². The first-order valence-electron chi connectivity index (χ1n) is 6.74. The Morgan fingerprint density at radius 3 is 2.80 bits per heavy atom. The second-order valence-corrected chi connectivity index (χ2v) is 5.36. The molecular formula is C16H20N2O2. The molecule has 0 aliphatic rings. The minimum Gasteiger partial charge on any atom is -0.544 e. The molecule has 0 unspecified atom stereocenters. The maximum absolute atomic E-state index is 10.9. The van der Waals surface area contributed by atoms with Gasteiger partial charge in [-0.15, -0.1) is 0 Å². The van der Waals surface area contributed by atoms with Crippen molar-refractivity contribution in [3.8, 4) is 0 Å². The lowest BCUT2D eigenvalue weighted by Crippen LogP contribution is -2.69. The third kappa shape index (κ3) is 3.08. The monoisotopic (exact) mass is 272 g/mol. The molecule has 1 aromatic carbocycles. The zero-order valence-electron chi connectivity index (χ0n) is 11.9. The predicted molar refractivity (Wildman–Crippen MR) is 76.8 cm³/mol. The van der Waals surface area contributed by atoms with Crippen molar-refractivity contribution < 1.29 is 15.6 Å². The zero-order chi connectivity index (χ0) is 14.7. The summed E-state index contributed by atoms with van der Waals surface area (Å²) >= 11 is 0. The molecule has 0 fully saturated rings. The Morgan fingerprint density at radius 1 is 1.40 bits per heavy atom. The SMILES string of the molecule is CC(C)=CCc1cccc2[nH]cc(C[C@H]([NH3+])C(=O)[O-])c12. The lowest BCUT2D eigenvalue weighted by molar-refractivity contribution is -0.436. The quantitative estimate of drug-likeness (QED) is 0.780. The maximum atomic E-state index is 10.9. The number of hydrogen-bond donors (Lipinski definition) is 2. The van der Waals surface area contributed by atoms with Crippen LogP contribution in [0.5, 0.6) is 0 Å². The van der Waals surface area contributed by atoms with Crippen molar-refractivity contribution in [2.24, 2.45) is 0 Å². The molecule has 4 N–H and O–H groups in total. The van der Waals surface area contributed by atoms with Gasteiger partial charge < -0.3 is 20.6 Å². The zero-order valence-corrected chi connectivity index (χ0v) is 11.9. The number of carboxylic acids is 1. The molecule has 106 valence electrons. The molecular weight excluding hydrogens is 252 g/mol. The lowest BCUT2D eigenvalue weighted by atomic mass is 9.99. The summed E-state index contributed by atoms with van der Waals surface area (Å²) in [6.07, 6.45) is 5.27. The molecule has 0 amide bonds. The molecule has 0 saturated heterocycles. The number of H-pyrrole nitrogens is 1. The number of aromatic nitrogens is 1. The van der Waals surface area contributed by atoms with E-state index >= 15 is 0 Å². The van der Waals surface area contributed by atoms with Gasteiger partial charge in [0.15, 0.2) is 0 Å². The number of allylic oxidation sites excluding steroid dienone is 2. The van der Waals surface area contributed by atoms with Crippen molar-refractivity contribution in [3.63, 3.8) is 0 Å². The lowest BCUT2D eigenvalue weighted by Gasteiger charge is -2.10. The summed E-state index contributed by atoms with van der Waals surface area (Å²) in [5, 5.41) is 12.0. The van der Waals surface area contributed by atoms with Crippen molar-refractivity contribution in [3.05, 3.63) is 47.2 Å². The van der Waals surface area contributed by atoms with Gasteiger partial charge in [0.2, 0.25) is 0 Å². The van der Waals surface area contributed by atoms with Gasteiger partial charge in [0.25, 0.3) is 0 Å². The van der Waals surface area contributed by atoms with Crippen molar-refractivity contribution >= 4 is 16.9 Å². The Labute approximate surface area is 118 Å². The minimum atomic E-state index is -1.11. The molecule has 4 heteroatoms. The van der Waals surface area contributed by atoms with Gasteiger partial charge in [-0.25, -0.2) is 0 Å². The van der Waals surface area contributed by atoms with E-state index in [9.17, 15) is 9.90 Å². The average Bonchev–Trinajstić information content (AvgIpc) is 2.80. The second kappa shape index (κ2) is 5.92. The molecule has 2 rings (SSSR count). The van der Waals surface area contributed by atoms with Gasteiger partial charge in [0.05, 0.1) is 5.97 Å². The standard InChI is InChI=1S/C16H20N2O2/c1-10(2)6-7-11-4-3-5-14-15(11)12(9-18-14)8-13(17)16(19)20/h3-6,9,13,18H,7-8,17H2,1-2H3,(H,19,20)/t13-/m0/s1. The Kier molecular flexibility index (Phi) is 4.25. The summed E-state index contributed by atoms with van der Waals surface area (Å²) in [7, 11) is 0. The molecule has 0 aliphatic heterocycles. The summed E-state index contributed by atoms with van der Waals surface area (Å²) in [5.41, 5.74) is 8.12. The molecule has 0 spiro atoms. The Balaban J connectivity index is 2.41. The Bertz CT molecular complexity index is 652. The molecule has 1 heterocycles. The highest BCUT2D eigenvalue weighted by molar-refractivity contribution is 5.87. The number of nitrogens with one attached hydrogen (secondary N) is 1. The molecule has 2 aromatic rings. The number of carboxylic acid groups (broad SMARTS) is 1. The van der Waals surface area contributed by atoms with Crippen LogP contribution in [0.2, 0.25) is 0 Å². The number of carbonyl (C=O) groups is 1. The van der Waals surface area contributed by atoms with Crippen LogP contribution in [0.15, 0.2) is 36.0 Å². The van der Waals surface area contributed by atoms with Gasteiger partial charge in [0, 0.05) is 23.5 Å². The molecule has 0 radical (unpaired) electrons. The second-order valence-electron chi connectivity index (χ2n) is 5.36. The van der Waals surface area contributed by atoms with Crippen LogP contribution in [0.25, 0.3) is 10.9 Å². The highest BCUT2D eigenvalue weighted by Crippen LogP contribution is 2.24. The van der Waals surface area contributed by atoms with E-state index in [2.05, 4.69) is 36.7 Å². The van der Waals surface area contributed by atoms with E-state index in [-0.39, 0.29) is 0 Å². The van der Waals surface area contributed by atoms with Crippen LogP contribution in [-0.4, -0.2) is 17.0 Å². The van der Waals surface area contributed by atoms with Crippen LogP contribution in [-0.2, 0) is 17.6 Å². The van der Waals surface area contributed by atoms with E-state index in [0.717, 1.165) is 22.9 Å². The van der Waals surface area contributed by atoms with Crippen molar-refractivity contribution in [1.82, 2.24) is 4.98 Å². The van der Waals surface area contributed by atoms with Gasteiger partial charge in [-0.3, -0.25) is 0 Å². The Hall–Kier alpha value is -2.07. The number of quaternary nitrogens is 1. The summed E-state index contributed by atoms with van der Waals surface area (Å²) in [4.78, 5) is 14.1. The van der Waals surface area contributed by atoms with Gasteiger partial charge in [-0.1, -0.05) is 23.8 Å². The highest BCUT2D eigenvalue weighted by Gasteiger charge is 2.14. The number of aliphatic carboxylic acids is 1. The van der Waals surface area contributed by atoms with Gasteiger partial charge in [-0.05, 0) is 37.5 Å². The summed E-state index contributed by atoms with van der Waals surface area (Å²) < 4.78 is 0. The number of fused-ring (bicyclic) bond motifs is 1. The first kappa shape index (κ1) is 14.3. The van der Waals surface area contributed by atoms with E-state index in [1.54, 1.807) is 0 Å². The maximum Gasteiger partial charge on any atom is 0.129 e. The number of aromatic amines is 1. The Morgan fingerprint density at radius 2 is 2.15 bits per heavy atom. The minimum absolute atomic E-state index is 0.383. The van der Waals surface area contributed by atoms with Crippen LogP contribution < -0.4 is 10.8 Å². The van der Waals surface area contributed by atoms with E-state index in [1.807, 2.05) is 18.3 Å². The topological polar surface area (TPSA) is 83.6 Å². The van der Waals surface area contributed by atoms with Gasteiger partial charge >= 0.3 is 0 Å². The first-order valence-corrected chi connectivity index (χ1v) is 6.74. The average molecular weight is 272 g/mol. The van der Waals surface area contributed by atoms with Crippen LogP contribution in [0.4, 0.5) is 0 Å². The predicted octanol–water partition coefficient (Wildman–Crippen LogP) is 0.579. The molecule has 4 nitrogen and oxygen atoms in total.